The van der Waals surface area contributed by atoms with E-state index in [4.69, 9.17) is 0 Å². The Morgan fingerprint density at radius 1 is 0.833 bits per heavy atom. The molecule has 154 valence electrons. The van der Waals surface area contributed by atoms with Crippen LogP contribution < -0.4 is 10.6 Å². The van der Waals surface area contributed by atoms with E-state index in [9.17, 15) is 14.7 Å². The summed E-state index contributed by atoms with van der Waals surface area (Å²) < 4.78 is 0. The molecule has 5 heteroatoms. The number of benzene rings is 3. The SMILES string of the molecule is Cc1ccc(NC(=O)C(=O)NCC(C)(O)c2ccc(-c3ccccc3)cc2)cc1C. The van der Waals surface area contributed by atoms with Gasteiger partial charge in [0.15, 0.2) is 0 Å². The van der Waals surface area contributed by atoms with Crippen molar-refractivity contribution in [2.24, 2.45) is 0 Å². The normalized spacial score (nSPS) is 12.7. The number of nitrogens with one attached hydrogen (secondary N) is 2. The summed E-state index contributed by atoms with van der Waals surface area (Å²) in [6.07, 6.45) is 0. The third-order valence-corrected chi connectivity index (χ3v) is 5.18. The molecular formula is C25H26N2O3. The molecule has 0 aliphatic rings. The van der Waals surface area contributed by atoms with Crippen LogP contribution in [0.25, 0.3) is 11.1 Å². The molecule has 3 rings (SSSR count). The molecule has 0 aliphatic carbocycles. The topological polar surface area (TPSA) is 78.4 Å². The lowest BCUT2D eigenvalue weighted by Gasteiger charge is -2.24. The Balaban J connectivity index is 1.60. The molecular weight excluding hydrogens is 376 g/mol. The van der Waals surface area contributed by atoms with Crippen molar-refractivity contribution in [1.82, 2.24) is 5.32 Å². The maximum absolute atomic E-state index is 12.2. The van der Waals surface area contributed by atoms with E-state index >= 15 is 0 Å². The van der Waals surface area contributed by atoms with Gasteiger partial charge in [-0.1, -0.05) is 60.7 Å². The van der Waals surface area contributed by atoms with Crippen molar-refractivity contribution in [3.63, 3.8) is 0 Å². The fourth-order valence-electron chi connectivity index (χ4n) is 3.09. The third kappa shape index (κ3) is 5.13. The average Bonchev–Trinajstić information content (AvgIpc) is 2.75. The summed E-state index contributed by atoms with van der Waals surface area (Å²) in [5.41, 5.74) is 4.14. The highest BCUT2D eigenvalue weighted by Crippen LogP contribution is 2.24. The Hall–Kier alpha value is -3.44. The second-order valence-electron chi connectivity index (χ2n) is 7.65. The molecule has 1 unspecified atom stereocenters. The zero-order valence-electron chi connectivity index (χ0n) is 17.4. The fraction of sp³-hybridized carbons (Fsp3) is 0.200. The van der Waals surface area contributed by atoms with Crippen molar-refractivity contribution < 1.29 is 14.7 Å². The maximum Gasteiger partial charge on any atom is 0.313 e. The lowest BCUT2D eigenvalue weighted by Crippen LogP contribution is -2.43. The van der Waals surface area contributed by atoms with Gasteiger partial charge in [-0.15, -0.1) is 0 Å². The first kappa shape index (κ1) is 21.3. The molecule has 1 atom stereocenters. The van der Waals surface area contributed by atoms with Crippen molar-refractivity contribution in [3.8, 4) is 11.1 Å². The summed E-state index contributed by atoms with van der Waals surface area (Å²) in [5.74, 6) is -1.57. The van der Waals surface area contributed by atoms with Crippen molar-refractivity contribution in [1.29, 1.82) is 0 Å². The Kier molecular flexibility index (Phi) is 6.33. The molecule has 0 radical (unpaired) electrons. The summed E-state index contributed by atoms with van der Waals surface area (Å²) in [4.78, 5) is 24.3. The highest BCUT2D eigenvalue weighted by atomic mass is 16.3. The van der Waals surface area contributed by atoms with Gasteiger partial charge in [-0.05, 0) is 60.7 Å². The molecule has 0 saturated carbocycles. The number of anilines is 1. The molecule has 3 N–H and O–H groups in total. The van der Waals surface area contributed by atoms with E-state index in [0.29, 0.717) is 11.3 Å². The number of carbonyl (C=O) groups excluding carboxylic acids is 2. The summed E-state index contributed by atoms with van der Waals surface area (Å²) >= 11 is 0. The first-order valence-electron chi connectivity index (χ1n) is 9.81. The molecule has 0 spiro atoms. The smallest absolute Gasteiger partial charge is 0.313 e. The van der Waals surface area contributed by atoms with Crippen molar-refractivity contribution in [2.75, 3.05) is 11.9 Å². The van der Waals surface area contributed by atoms with E-state index in [1.54, 1.807) is 13.0 Å². The van der Waals surface area contributed by atoms with E-state index in [1.807, 2.05) is 80.6 Å². The van der Waals surface area contributed by atoms with Gasteiger partial charge in [0, 0.05) is 5.69 Å². The Morgan fingerprint density at radius 3 is 2.10 bits per heavy atom. The van der Waals surface area contributed by atoms with Gasteiger partial charge >= 0.3 is 11.8 Å². The molecule has 3 aromatic rings. The molecule has 0 aromatic heterocycles. The van der Waals surface area contributed by atoms with Crippen LogP contribution in [0.2, 0.25) is 0 Å². The van der Waals surface area contributed by atoms with Gasteiger partial charge in [0.05, 0.1) is 6.54 Å². The van der Waals surface area contributed by atoms with Gasteiger partial charge in [0.2, 0.25) is 0 Å². The summed E-state index contributed by atoms with van der Waals surface area (Å²) in [6, 6.07) is 22.9. The minimum Gasteiger partial charge on any atom is -0.384 e. The van der Waals surface area contributed by atoms with Gasteiger partial charge in [-0.3, -0.25) is 9.59 Å². The van der Waals surface area contributed by atoms with Crippen LogP contribution in [0.15, 0.2) is 72.8 Å². The molecule has 5 nitrogen and oxygen atoms in total. The monoisotopic (exact) mass is 402 g/mol. The van der Waals surface area contributed by atoms with Gasteiger partial charge in [0.1, 0.15) is 5.60 Å². The quantitative estimate of drug-likeness (QED) is 0.566. The van der Waals surface area contributed by atoms with Gasteiger partial charge in [0.25, 0.3) is 0 Å². The molecule has 0 bridgehead atoms. The van der Waals surface area contributed by atoms with E-state index in [2.05, 4.69) is 10.6 Å². The highest BCUT2D eigenvalue weighted by Gasteiger charge is 2.25. The highest BCUT2D eigenvalue weighted by molar-refractivity contribution is 6.39. The van der Waals surface area contributed by atoms with E-state index in [-0.39, 0.29) is 6.54 Å². The number of rotatable bonds is 5. The molecule has 0 aliphatic heterocycles. The Bertz CT molecular complexity index is 1040. The van der Waals surface area contributed by atoms with Crippen LogP contribution in [0.4, 0.5) is 5.69 Å². The number of hydrogen-bond donors (Lipinski definition) is 3. The second-order valence-corrected chi connectivity index (χ2v) is 7.65. The number of aryl methyl sites for hydroxylation is 2. The van der Waals surface area contributed by atoms with E-state index in [1.165, 1.54) is 0 Å². The van der Waals surface area contributed by atoms with Crippen LogP contribution >= 0.6 is 0 Å². The van der Waals surface area contributed by atoms with Crippen LogP contribution in [-0.2, 0) is 15.2 Å². The molecule has 30 heavy (non-hydrogen) atoms. The zero-order valence-corrected chi connectivity index (χ0v) is 17.4. The second kappa shape index (κ2) is 8.93. The van der Waals surface area contributed by atoms with Gasteiger partial charge in [-0.25, -0.2) is 0 Å². The Morgan fingerprint density at radius 2 is 1.47 bits per heavy atom. The molecule has 0 heterocycles. The lowest BCUT2D eigenvalue weighted by atomic mass is 9.93. The molecule has 0 fully saturated rings. The van der Waals surface area contributed by atoms with Crippen LogP contribution in [0, 0.1) is 13.8 Å². The number of amides is 2. The van der Waals surface area contributed by atoms with Gasteiger partial charge < -0.3 is 15.7 Å². The summed E-state index contributed by atoms with van der Waals surface area (Å²) in [5, 5.41) is 15.9. The minimum atomic E-state index is -1.31. The van der Waals surface area contributed by atoms with Gasteiger partial charge in [-0.2, -0.15) is 0 Å². The van der Waals surface area contributed by atoms with Crippen LogP contribution in [0.1, 0.15) is 23.6 Å². The molecule has 0 saturated heterocycles. The fourth-order valence-corrected chi connectivity index (χ4v) is 3.09. The third-order valence-electron chi connectivity index (χ3n) is 5.18. The van der Waals surface area contributed by atoms with E-state index in [0.717, 1.165) is 22.3 Å². The summed E-state index contributed by atoms with van der Waals surface area (Å²) in [7, 11) is 0. The number of carbonyl (C=O) groups is 2. The van der Waals surface area contributed by atoms with Crippen LogP contribution in [-0.4, -0.2) is 23.5 Å². The lowest BCUT2D eigenvalue weighted by molar-refractivity contribution is -0.136. The first-order chi connectivity index (χ1) is 14.3. The molecule has 2 amide bonds. The number of aliphatic hydroxyl groups is 1. The Labute approximate surface area is 176 Å². The zero-order chi connectivity index (χ0) is 21.7. The minimum absolute atomic E-state index is 0.0864. The standard InChI is InChI=1S/C25H26N2O3/c1-17-9-14-22(15-18(17)2)27-24(29)23(28)26-16-25(3,30)21-12-10-20(11-13-21)19-7-5-4-6-8-19/h4-15,30H,16H2,1-3H3,(H,26,28)(H,27,29). The molecule has 3 aromatic carbocycles. The van der Waals surface area contributed by atoms with Crippen LogP contribution in [0.5, 0.6) is 0 Å². The largest absolute Gasteiger partial charge is 0.384 e. The summed E-state index contributed by atoms with van der Waals surface area (Å²) in [6.45, 7) is 5.43. The van der Waals surface area contributed by atoms with Crippen LogP contribution in [0.3, 0.4) is 0 Å². The average molecular weight is 402 g/mol. The van der Waals surface area contributed by atoms with Crippen molar-refractivity contribution >= 4 is 17.5 Å². The first-order valence-corrected chi connectivity index (χ1v) is 9.81. The predicted octanol–water partition coefficient (Wildman–Crippen LogP) is 3.93. The number of hydrogen-bond acceptors (Lipinski definition) is 3. The predicted molar refractivity (Wildman–Crippen MR) is 119 cm³/mol. The maximum atomic E-state index is 12.2. The van der Waals surface area contributed by atoms with E-state index < -0.39 is 17.4 Å². The van der Waals surface area contributed by atoms with Crippen molar-refractivity contribution in [3.05, 3.63) is 89.5 Å². The van der Waals surface area contributed by atoms with Crippen molar-refractivity contribution in [2.45, 2.75) is 26.4 Å².